The number of nitrogens with one attached hydrogen (secondary N) is 1. The van der Waals surface area contributed by atoms with Gasteiger partial charge in [0.2, 0.25) is 10.0 Å². The van der Waals surface area contributed by atoms with Gasteiger partial charge < -0.3 is 5.32 Å². The Balaban J connectivity index is 1.75. The van der Waals surface area contributed by atoms with Gasteiger partial charge in [-0.05, 0) is 56.0 Å². The Kier molecular flexibility index (Phi) is 5.44. The Hall–Kier alpha value is -2.18. The van der Waals surface area contributed by atoms with Gasteiger partial charge in [-0.25, -0.2) is 8.42 Å². The minimum absolute atomic E-state index is 0.123. The number of anilines is 1. The molecule has 1 aliphatic rings. The minimum Gasteiger partial charge on any atom is -0.377 e. The van der Waals surface area contributed by atoms with Crippen LogP contribution in [0, 0.1) is 13.8 Å². The molecule has 0 unspecified atom stereocenters. The van der Waals surface area contributed by atoms with Crippen molar-refractivity contribution in [2.24, 2.45) is 0 Å². The van der Waals surface area contributed by atoms with Crippen molar-refractivity contribution in [1.29, 1.82) is 0 Å². The quantitative estimate of drug-likeness (QED) is 0.790. The third-order valence-electron chi connectivity index (χ3n) is 4.69. The highest BCUT2D eigenvalue weighted by molar-refractivity contribution is 7.89. The molecule has 1 N–H and O–H groups in total. The summed E-state index contributed by atoms with van der Waals surface area (Å²) >= 11 is 0. The second-order valence-electron chi connectivity index (χ2n) is 6.73. The molecule has 0 atom stereocenters. The van der Waals surface area contributed by atoms with Gasteiger partial charge in [-0.15, -0.1) is 0 Å². The zero-order valence-electron chi connectivity index (χ0n) is 15.2. The molecular weight excluding hydrogens is 348 g/mol. The number of aryl methyl sites for hydroxylation is 2. The first kappa shape index (κ1) is 18.6. The maximum Gasteiger partial charge on any atom is 0.243 e. The van der Waals surface area contributed by atoms with Gasteiger partial charge in [-0.2, -0.15) is 4.31 Å². The molecule has 6 heteroatoms. The van der Waals surface area contributed by atoms with E-state index >= 15 is 0 Å². The lowest BCUT2D eigenvalue weighted by molar-refractivity contribution is 0.101. The fourth-order valence-electron chi connectivity index (χ4n) is 3.11. The van der Waals surface area contributed by atoms with Gasteiger partial charge in [0.05, 0.1) is 11.4 Å². The van der Waals surface area contributed by atoms with E-state index in [1.807, 2.05) is 32.0 Å². The molecule has 1 heterocycles. The fourth-order valence-corrected chi connectivity index (χ4v) is 4.67. The van der Waals surface area contributed by atoms with E-state index in [0.717, 1.165) is 29.7 Å². The summed E-state index contributed by atoms with van der Waals surface area (Å²) in [6.45, 7) is 5.20. The first-order valence-electron chi connectivity index (χ1n) is 8.82. The van der Waals surface area contributed by atoms with Crippen LogP contribution in [0.4, 0.5) is 5.69 Å². The van der Waals surface area contributed by atoms with E-state index in [1.165, 1.54) is 10.4 Å². The largest absolute Gasteiger partial charge is 0.377 e. The van der Waals surface area contributed by atoms with Crippen LogP contribution in [0.15, 0.2) is 47.4 Å². The van der Waals surface area contributed by atoms with E-state index in [-0.39, 0.29) is 17.2 Å². The van der Waals surface area contributed by atoms with Gasteiger partial charge in [-0.1, -0.05) is 24.3 Å². The monoisotopic (exact) mass is 372 g/mol. The van der Waals surface area contributed by atoms with Crippen molar-refractivity contribution >= 4 is 21.5 Å². The van der Waals surface area contributed by atoms with Crippen LogP contribution in [0.25, 0.3) is 0 Å². The smallest absolute Gasteiger partial charge is 0.243 e. The Morgan fingerprint density at radius 2 is 1.81 bits per heavy atom. The van der Waals surface area contributed by atoms with Crippen molar-refractivity contribution in [3.05, 3.63) is 59.2 Å². The number of carbonyl (C=O) groups excluding carboxylic acids is 1. The highest BCUT2D eigenvalue weighted by atomic mass is 32.2. The number of carbonyl (C=O) groups is 1. The van der Waals surface area contributed by atoms with Crippen LogP contribution in [0.5, 0.6) is 0 Å². The van der Waals surface area contributed by atoms with Gasteiger partial charge in [0.25, 0.3) is 0 Å². The number of sulfonamides is 1. The van der Waals surface area contributed by atoms with E-state index in [2.05, 4.69) is 5.32 Å². The first-order chi connectivity index (χ1) is 12.4. The number of hydrogen-bond acceptors (Lipinski definition) is 4. The molecule has 3 rings (SSSR count). The summed E-state index contributed by atoms with van der Waals surface area (Å²) in [5.41, 5.74) is 3.50. The van der Waals surface area contributed by atoms with Crippen molar-refractivity contribution in [3.63, 3.8) is 0 Å². The molecule has 5 nitrogen and oxygen atoms in total. The summed E-state index contributed by atoms with van der Waals surface area (Å²) in [7, 11) is -3.51. The molecule has 1 aliphatic heterocycles. The van der Waals surface area contributed by atoms with E-state index in [4.69, 9.17) is 0 Å². The number of benzene rings is 2. The summed E-state index contributed by atoms with van der Waals surface area (Å²) in [5.74, 6) is -0.135. The Morgan fingerprint density at radius 1 is 1.08 bits per heavy atom. The minimum atomic E-state index is -3.51. The summed E-state index contributed by atoms with van der Waals surface area (Å²) < 4.78 is 26.8. The number of nitrogens with zero attached hydrogens (tertiary/aromatic N) is 1. The zero-order chi connectivity index (χ0) is 18.7. The zero-order valence-corrected chi connectivity index (χ0v) is 16.0. The Labute approximate surface area is 155 Å². The van der Waals surface area contributed by atoms with Crippen molar-refractivity contribution < 1.29 is 13.2 Å². The second kappa shape index (κ2) is 7.60. The normalized spacial score (nSPS) is 15.2. The lowest BCUT2D eigenvalue weighted by Crippen LogP contribution is -2.28. The molecule has 0 radical (unpaired) electrons. The number of rotatable bonds is 6. The number of Topliss-reactive ketones (excluding diaryl/α,β-unsaturated/α-hetero) is 1. The molecule has 0 bridgehead atoms. The topological polar surface area (TPSA) is 66.5 Å². The van der Waals surface area contributed by atoms with E-state index in [9.17, 15) is 13.2 Å². The summed E-state index contributed by atoms with van der Waals surface area (Å²) in [5, 5.41) is 3.16. The SMILES string of the molecule is Cc1ccc(C)c(NCC(=O)c2cccc(S(=O)(=O)N3CCCC3)c2)c1. The van der Waals surface area contributed by atoms with Crippen molar-refractivity contribution in [3.8, 4) is 0 Å². The van der Waals surface area contributed by atoms with Crippen LogP contribution < -0.4 is 5.32 Å². The molecule has 0 aromatic heterocycles. The average molecular weight is 372 g/mol. The fraction of sp³-hybridized carbons (Fsp3) is 0.350. The van der Waals surface area contributed by atoms with E-state index < -0.39 is 10.0 Å². The molecule has 0 amide bonds. The van der Waals surface area contributed by atoms with E-state index in [0.29, 0.717) is 18.7 Å². The molecular formula is C20H24N2O3S. The molecule has 2 aromatic carbocycles. The van der Waals surface area contributed by atoms with Crippen LogP contribution in [-0.2, 0) is 10.0 Å². The Bertz CT molecular complexity index is 916. The third-order valence-corrected chi connectivity index (χ3v) is 6.59. The number of ketones is 1. The predicted molar refractivity (Wildman–Crippen MR) is 103 cm³/mol. The van der Waals surface area contributed by atoms with Gasteiger partial charge >= 0.3 is 0 Å². The van der Waals surface area contributed by atoms with Crippen molar-refractivity contribution in [2.75, 3.05) is 25.0 Å². The lowest BCUT2D eigenvalue weighted by atomic mass is 10.1. The number of hydrogen-bond donors (Lipinski definition) is 1. The second-order valence-corrected chi connectivity index (χ2v) is 8.67. The van der Waals surface area contributed by atoms with Gasteiger partial charge in [0.15, 0.2) is 5.78 Å². The van der Waals surface area contributed by atoms with Crippen LogP contribution in [-0.4, -0.2) is 38.1 Å². The standard InChI is InChI=1S/C20H24N2O3S/c1-15-8-9-16(2)19(12-15)21-14-20(23)17-6-5-7-18(13-17)26(24,25)22-10-3-4-11-22/h5-9,12-13,21H,3-4,10-11,14H2,1-2H3. The Morgan fingerprint density at radius 3 is 2.54 bits per heavy atom. The lowest BCUT2D eigenvalue weighted by Gasteiger charge is -2.16. The third kappa shape index (κ3) is 3.97. The molecule has 2 aromatic rings. The van der Waals surface area contributed by atoms with Gasteiger partial charge in [0.1, 0.15) is 0 Å². The molecule has 1 saturated heterocycles. The van der Waals surface area contributed by atoms with Crippen LogP contribution in [0.3, 0.4) is 0 Å². The van der Waals surface area contributed by atoms with E-state index in [1.54, 1.807) is 18.2 Å². The average Bonchev–Trinajstić information content (AvgIpc) is 3.18. The molecule has 0 spiro atoms. The summed E-state index contributed by atoms with van der Waals surface area (Å²) in [6.07, 6.45) is 1.77. The maximum atomic E-state index is 12.7. The molecule has 1 fully saturated rings. The molecule has 26 heavy (non-hydrogen) atoms. The molecule has 138 valence electrons. The van der Waals surface area contributed by atoms with Crippen molar-refractivity contribution in [1.82, 2.24) is 4.31 Å². The van der Waals surface area contributed by atoms with Crippen LogP contribution in [0.2, 0.25) is 0 Å². The van der Waals surface area contributed by atoms with Crippen LogP contribution >= 0.6 is 0 Å². The summed E-state index contributed by atoms with van der Waals surface area (Å²) in [4.78, 5) is 12.7. The first-order valence-corrected chi connectivity index (χ1v) is 10.3. The predicted octanol–water partition coefficient (Wildman–Crippen LogP) is 3.38. The highest BCUT2D eigenvalue weighted by Gasteiger charge is 2.27. The maximum absolute atomic E-state index is 12.7. The van der Waals surface area contributed by atoms with Gasteiger partial charge in [-0.3, -0.25) is 4.79 Å². The molecule has 0 saturated carbocycles. The highest BCUT2D eigenvalue weighted by Crippen LogP contribution is 2.22. The van der Waals surface area contributed by atoms with Gasteiger partial charge in [0, 0.05) is 24.3 Å². The summed E-state index contributed by atoms with van der Waals surface area (Å²) in [6, 6.07) is 12.4. The van der Waals surface area contributed by atoms with Crippen molar-refractivity contribution in [2.45, 2.75) is 31.6 Å². The molecule has 0 aliphatic carbocycles. The van der Waals surface area contributed by atoms with Crippen LogP contribution in [0.1, 0.15) is 34.3 Å².